The first-order valence-electron chi connectivity index (χ1n) is 6.17. The fraction of sp³-hybridized carbons (Fsp3) is 0.188. The Bertz CT molecular complexity index is 605. The molecule has 98 valence electrons. The van der Waals surface area contributed by atoms with E-state index in [1.165, 1.54) is 0 Å². The van der Waals surface area contributed by atoms with Gasteiger partial charge in [0.2, 0.25) is 0 Å². The molecular weight excluding hydrogens is 260 g/mol. The van der Waals surface area contributed by atoms with E-state index in [1.54, 1.807) is 18.2 Å². The third-order valence-electron chi connectivity index (χ3n) is 2.84. The molecule has 0 saturated heterocycles. The number of ketones is 1. The molecular formula is C16H15ClO2. The molecule has 0 aliphatic rings. The van der Waals surface area contributed by atoms with E-state index in [-0.39, 0.29) is 5.78 Å². The topological polar surface area (TPSA) is 26.3 Å². The van der Waals surface area contributed by atoms with E-state index in [0.29, 0.717) is 22.8 Å². The molecule has 0 heterocycles. The molecule has 2 aromatic carbocycles. The van der Waals surface area contributed by atoms with E-state index in [0.717, 1.165) is 11.3 Å². The monoisotopic (exact) mass is 274 g/mol. The molecule has 19 heavy (non-hydrogen) atoms. The molecule has 0 atom stereocenters. The number of ether oxygens (including phenoxy) is 1. The highest BCUT2D eigenvalue weighted by Crippen LogP contribution is 2.27. The fourth-order valence-corrected chi connectivity index (χ4v) is 2.02. The number of hydrogen-bond donors (Lipinski definition) is 0. The van der Waals surface area contributed by atoms with Gasteiger partial charge < -0.3 is 4.74 Å². The minimum Gasteiger partial charge on any atom is -0.457 e. The van der Waals surface area contributed by atoms with Crippen molar-refractivity contribution in [2.75, 3.05) is 0 Å². The first kappa shape index (κ1) is 13.6. The number of benzene rings is 2. The lowest BCUT2D eigenvalue weighted by molar-refractivity contribution is 0.0988. The lowest BCUT2D eigenvalue weighted by Gasteiger charge is -2.09. The van der Waals surface area contributed by atoms with Gasteiger partial charge in [-0.2, -0.15) is 0 Å². The molecule has 0 saturated carbocycles. The van der Waals surface area contributed by atoms with Crippen LogP contribution in [-0.4, -0.2) is 5.78 Å². The van der Waals surface area contributed by atoms with Gasteiger partial charge in [0.1, 0.15) is 11.5 Å². The first-order chi connectivity index (χ1) is 9.10. The summed E-state index contributed by atoms with van der Waals surface area (Å²) in [6, 6.07) is 12.7. The number of halogens is 1. The molecule has 0 aliphatic heterocycles. The minimum atomic E-state index is 0.110. The van der Waals surface area contributed by atoms with Gasteiger partial charge in [0.15, 0.2) is 5.78 Å². The molecule has 0 aromatic heterocycles. The minimum absolute atomic E-state index is 0.110. The summed E-state index contributed by atoms with van der Waals surface area (Å²) in [6.07, 6.45) is 0.490. The van der Waals surface area contributed by atoms with Crippen molar-refractivity contribution in [1.82, 2.24) is 0 Å². The SMILES string of the molecule is CCC(=O)c1cccc(Oc2ccc(Cl)cc2C)c1. The van der Waals surface area contributed by atoms with Crippen LogP contribution in [0.2, 0.25) is 5.02 Å². The molecule has 0 amide bonds. The Hall–Kier alpha value is -1.80. The third kappa shape index (κ3) is 3.36. The Morgan fingerprint density at radius 2 is 2.00 bits per heavy atom. The maximum Gasteiger partial charge on any atom is 0.162 e. The van der Waals surface area contributed by atoms with Crippen molar-refractivity contribution < 1.29 is 9.53 Å². The Morgan fingerprint density at radius 1 is 1.21 bits per heavy atom. The standard InChI is InChI=1S/C16H15ClO2/c1-3-15(18)12-5-4-6-14(10-12)19-16-8-7-13(17)9-11(16)2/h4-10H,3H2,1-2H3. The number of carbonyl (C=O) groups excluding carboxylic acids is 1. The summed E-state index contributed by atoms with van der Waals surface area (Å²) >= 11 is 5.91. The van der Waals surface area contributed by atoms with Crippen LogP contribution < -0.4 is 4.74 Å². The quantitative estimate of drug-likeness (QED) is 0.731. The van der Waals surface area contributed by atoms with Crippen molar-refractivity contribution in [2.45, 2.75) is 20.3 Å². The van der Waals surface area contributed by atoms with Crippen molar-refractivity contribution in [3.8, 4) is 11.5 Å². The highest BCUT2D eigenvalue weighted by atomic mass is 35.5. The van der Waals surface area contributed by atoms with Crippen LogP contribution in [0, 0.1) is 6.92 Å². The number of Topliss-reactive ketones (excluding diaryl/α,β-unsaturated/α-hetero) is 1. The highest BCUT2D eigenvalue weighted by Gasteiger charge is 2.06. The molecule has 0 unspecified atom stereocenters. The van der Waals surface area contributed by atoms with Crippen LogP contribution in [-0.2, 0) is 0 Å². The average Bonchev–Trinajstić information content (AvgIpc) is 2.41. The van der Waals surface area contributed by atoms with Gasteiger partial charge >= 0.3 is 0 Å². The molecule has 0 N–H and O–H groups in total. The summed E-state index contributed by atoms with van der Waals surface area (Å²) in [5.74, 6) is 1.51. The largest absolute Gasteiger partial charge is 0.457 e. The zero-order valence-corrected chi connectivity index (χ0v) is 11.7. The first-order valence-corrected chi connectivity index (χ1v) is 6.55. The summed E-state index contributed by atoms with van der Waals surface area (Å²) in [5.41, 5.74) is 1.63. The second-order valence-corrected chi connectivity index (χ2v) is 4.75. The lowest BCUT2D eigenvalue weighted by atomic mass is 10.1. The van der Waals surface area contributed by atoms with Gasteiger partial charge in [-0.3, -0.25) is 4.79 Å². The lowest BCUT2D eigenvalue weighted by Crippen LogP contribution is -1.96. The van der Waals surface area contributed by atoms with Crippen LogP contribution in [0.15, 0.2) is 42.5 Å². The molecule has 0 aliphatic carbocycles. The van der Waals surface area contributed by atoms with Crippen LogP contribution in [0.5, 0.6) is 11.5 Å². The molecule has 3 heteroatoms. The van der Waals surface area contributed by atoms with Gasteiger partial charge in [-0.05, 0) is 42.8 Å². The number of carbonyl (C=O) groups is 1. The molecule has 0 fully saturated rings. The maximum atomic E-state index is 11.7. The normalized spacial score (nSPS) is 10.3. The molecule has 0 radical (unpaired) electrons. The predicted octanol–water partition coefficient (Wildman–Crippen LogP) is 5.03. The van der Waals surface area contributed by atoms with E-state index < -0.39 is 0 Å². The summed E-state index contributed by atoms with van der Waals surface area (Å²) in [7, 11) is 0. The Kier molecular flexibility index (Phi) is 4.23. The zero-order chi connectivity index (χ0) is 13.8. The average molecular weight is 275 g/mol. The van der Waals surface area contributed by atoms with Gasteiger partial charge in [0, 0.05) is 17.0 Å². The maximum absolute atomic E-state index is 11.7. The summed E-state index contributed by atoms with van der Waals surface area (Å²) in [5, 5.41) is 0.680. The molecule has 2 aromatic rings. The van der Waals surface area contributed by atoms with Crippen molar-refractivity contribution in [2.24, 2.45) is 0 Å². The summed E-state index contributed by atoms with van der Waals surface area (Å²) in [6.45, 7) is 3.78. The van der Waals surface area contributed by atoms with Crippen molar-refractivity contribution in [1.29, 1.82) is 0 Å². The number of aryl methyl sites for hydroxylation is 1. The van der Waals surface area contributed by atoms with Gasteiger partial charge in [-0.1, -0.05) is 30.7 Å². The number of hydrogen-bond acceptors (Lipinski definition) is 2. The van der Waals surface area contributed by atoms with E-state index >= 15 is 0 Å². The molecule has 0 spiro atoms. The highest BCUT2D eigenvalue weighted by molar-refractivity contribution is 6.30. The second kappa shape index (κ2) is 5.89. The summed E-state index contributed by atoms with van der Waals surface area (Å²) < 4.78 is 5.79. The Balaban J connectivity index is 2.26. The van der Waals surface area contributed by atoms with Gasteiger partial charge in [-0.25, -0.2) is 0 Å². The summed E-state index contributed by atoms with van der Waals surface area (Å²) in [4.78, 5) is 11.7. The Morgan fingerprint density at radius 3 is 2.68 bits per heavy atom. The van der Waals surface area contributed by atoms with Crippen molar-refractivity contribution in [3.05, 3.63) is 58.6 Å². The van der Waals surface area contributed by atoms with Crippen molar-refractivity contribution >= 4 is 17.4 Å². The van der Waals surface area contributed by atoms with Crippen LogP contribution in [0.25, 0.3) is 0 Å². The predicted molar refractivity (Wildman–Crippen MR) is 77.3 cm³/mol. The van der Waals surface area contributed by atoms with E-state index in [4.69, 9.17) is 16.3 Å². The molecule has 0 bridgehead atoms. The van der Waals surface area contributed by atoms with Crippen LogP contribution in [0.3, 0.4) is 0 Å². The van der Waals surface area contributed by atoms with E-state index in [1.807, 2.05) is 38.1 Å². The van der Waals surface area contributed by atoms with Crippen LogP contribution in [0.1, 0.15) is 29.3 Å². The van der Waals surface area contributed by atoms with Crippen molar-refractivity contribution in [3.63, 3.8) is 0 Å². The van der Waals surface area contributed by atoms with Crippen LogP contribution in [0.4, 0.5) is 0 Å². The molecule has 2 rings (SSSR count). The van der Waals surface area contributed by atoms with Gasteiger partial charge in [0.25, 0.3) is 0 Å². The van der Waals surface area contributed by atoms with Gasteiger partial charge in [0.05, 0.1) is 0 Å². The smallest absolute Gasteiger partial charge is 0.162 e. The number of rotatable bonds is 4. The van der Waals surface area contributed by atoms with Gasteiger partial charge in [-0.15, -0.1) is 0 Å². The Labute approximate surface area is 118 Å². The van der Waals surface area contributed by atoms with E-state index in [9.17, 15) is 4.79 Å². The molecule has 2 nitrogen and oxygen atoms in total. The zero-order valence-electron chi connectivity index (χ0n) is 10.9. The van der Waals surface area contributed by atoms with Crippen LogP contribution >= 0.6 is 11.6 Å². The third-order valence-corrected chi connectivity index (χ3v) is 3.08. The fourth-order valence-electron chi connectivity index (χ4n) is 1.79. The second-order valence-electron chi connectivity index (χ2n) is 4.32. The van der Waals surface area contributed by atoms with E-state index in [2.05, 4.69) is 0 Å².